The Bertz CT molecular complexity index is 1180. The van der Waals surface area contributed by atoms with Crippen LogP contribution in [0.15, 0.2) is 99.5 Å². The van der Waals surface area contributed by atoms with Gasteiger partial charge < -0.3 is 4.42 Å². The molecule has 0 radical (unpaired) electrons. The normalized spacial score (nSPS) is 11.9. The second-order valence-electron chi connectivity index (χ2n) is 7.02. The van der Waals surface area contributed by atoms with Crippen molar-refractivity contribution in [1.29, 1.82) is 0 Å². The molecule has 4 aromatic rings. The third-order valence-electron chi connectivity index (χ3n) is 4.86. The molecule has 0 spiro atoms. The summed E-state index contributed by atoms with van der Waals surface area (Å²) in [4.78, 5) is 0. The molecule has 5 heteroatoms. The van der Waals surface area contributed by atoms with Crippen LogP contribution in [-0.2, 0) is 0 Å². The number of furan rings is 1. The molecular weight excluding hydrogens is 372 g/mol. The molecule has 0 aliphatic carbocycles. The fraction of sp³-hybridized carbons (Fsp3) is 0.120. The second-order valence-corrected chi connectivity index (χ2v) is 7.02. The van der Waals surface area contributed by atoms with Gasteiger partial charge in [0.05, 0.1) is 17.6 Å². The maximum Gasteiger partial charge on any atom is 0.151 e. The zero-order valence-corrected chi connectivity index (χ0v) is 17.4. The smallest absolute Gasteiger partial charge is 0.151 e. The molecule has 1 heterocycles. The molecular formula is C25H24N4O. The van der Waals surface area contributed by atoms with Crippen LogP contribution in [0, 0.1) is 0 Å². The van der Waals surface area contributed by atoms with Crippen molar-refractivity contribution in [3.8, 4) is 0 Å². The van der Waals surface area contributed by atoms with Crippen molar-refractivity contribution in [3.05, 3.63) is 96.3 Å². The van der Waals surface area contributed by atoms with Gasteiger partial charge in [-0.3, -0.25) is 10.0 Å². The van der Waals surface area contributed by atoms with Gasteiger partial charge in [0.25, 0.3) is 0 Å². The summed E-state index contributed by atoms with van der Waals surface area (Å²) in [6.07, 6.45) is 1.82. The lowest BCUT2D eigenvalue weighted by Gasteiger charge is -2.13. The Balaban J connectivity index is 1.60. The summed E-state index contributed by atoms with van der Waals surface area (Å²) in [5, 5.41) is 13.9. The molecule has 30 heavy (non-hydrogen) atoms. The number of rotatable bonds is 6. The Morgan fingerprint density at radius 3 is 2.10 bits per heavy atom. The van der Waals surface area contributed by atoms with Crippen LogP contribution in [0.3, 0.4) is 0 Å². The molecule has 5 nitrogen and oxygen atoms in total. The zero-order chi connectivity index (χ0) is 20.9. The quantitative estimate of drug-likeness (QED) is 0.307. The topological polar surface area (TPSA) is 44.3 Å². The van der Waals surface area contributed by atoms with E-state index in [1.807, 2.05) is 122 Å². The maximum atomic E-state index is 6.17. The molecule has 0 fully saturated rings. The summed E-state index contributed by atoms with van der Waals surface area (Å²) in [6.45, 7) is 1.95. The summed E-state index contributed by atoms with van der Waals surface area (Å²) in [6, 6.07) is 28.1. The second kappa shape index (κ2) is 8.66. The van der Waals surface area contributed by atoms with Crippen molar-refractivity contribution in [3.63, 3.8) is 0 Å². The molecule has 0 bridgehead atoms. The Kier molecular flexibility index (Phi) is 5.61. The first-order chi connectivity index (χ1) is 14.6. The average Bonchev–Trinajstić information content (AvgIpc) is 3.24. The minimum atomic E-state index is 0.741. The number of fused-ring (bicyclic) bond motifs is 1. The molecule has 0 saturated carbocycles. The Labute approximate surface area is 176 Å². The highest BCUT2D eigenvalue weighted by molar-refractivity contribution is 6.03. The van der Waals surface area contributed by atoms with Gasteiger partial charge in [-0.2, -0.15) is 10.2 Å². The SMILES string of the molecule is C/C(=N\N(C)c1ccccc1)c1cc2cccc(/C=N\N(C)c3ccccc3)c2o1. The molecule has 1 aromatic heterocycles. The predicted molar refractivity (Wildman–Crippen MR) is 126 cm³/mol. The van der Waals surface area contributed by atoms with Gasteiger partial charge in [0.15, 0.2) is 5.76 Å². The maximum absolute atomic E-state index is 6.17. The van der Waals surface area contributed by atoms with Crippen LogP contribution in [0.2, 0.25) is 0 Å². The fourth-order valence-electron chi connectivity index (χ4n) is 3.20. The number of hydrazone groups is 2. The van der Waals surface area contributed by atoms with E-state index in [-0.39, 0.29) is 0 Å². The van der Waals surface area contributed by atoms with Gasteiger partial charge in [0.1, 0.15) is 11.3 Å². The van der Waals surface area contributed by atoms with Crippen molar-refractivity contribution in [2.45, 2.75) is 6.92 Å². The number of para-hydroxylation sites is 3. The first-order valence-electron chi connectivity index (χ1n) is 9.81. The summed E-state index contributed by atoms with van der Waals surface area (Å²) < 4.78 is 6.17. The standard InChI is InChI=1S/C25H24N4O/c1-19(27-29(3)23-15-8-5-9-16-23)24-17-20-11-10-12-21(25(20)30-24)18-26-28(2)22-13-6-4-7-14-22/h4-18H,1-3H3/b26-18-,27-19+. The molecule has 0 atom stereocenters. The zero-order valence-electron chi connectivity index (χ0n) is 17.4. The molecule has 0 unspecified atom stereocenters. The molecule has 0 N–H and O–H groups in total. The fourth-order valence-corrected chi connectivity index (χ4v) is 3.20. The minimum absolute atomic E-state index is 0.741. The van der Waals surface area contributed by atoms with Crippen LogP contribution in [-0.4, -0.2) is 26.0 Å². The van der Waals surface area contributed by atoms with E-state index in [9.17, 15) is 0 Å². The van der Waals surface area contributed by atoms with Crippen LogP contribution in [0.25, 0.3) is 11.0 Å². The summed E-state index contributed by atoms with van der Waals surface area (Å²) in [7, 11) is 3.86. The molecule has 3 aromatic carbocycles. The Hall–Kier alpha value is -3.86. The van der Waals surface area contributed by atoms with Crippen molar-refractivity contribution in [2.24, 2.45) is 10.2 Å². The van der Waals surface area contributed by atoms with E-state index in [1.54, 1.807) is 0 Å². The number of benzene rings is 3. The Morgan fingerprint density at radius 2 is 1.43 bits per heavy atom. The summed E-state index contributed by atoms with van der Waals surface area (Å²) in [5.74, 6) is 0.741. The van der Waals surface area contributed by atoms with Crippen molar-refractivity contribution >= 4 is 34.3 Å². The van der Waals surface area contributed by atoms with E-state index in [0.29, 0.717) is 0 Å². The molecule has 4 rings (SSSR count). The highest BCUT2D eigenvalue weighted by Gasteiger charge is 2.11. The summed E-state index contributed by atoms with van der Waals surface area (Å²) in [5.41, 5.74) is 4.57. The molecule has 150 valence electrons. The van der Waals surface area contributed by atoms with Crippen LogP contribution in [0.4, 0.5) is 11.4 Å². The lowest BCUT2D eigenvalue weighted by Crippen LogP contribution is -2.11. The van der Waals surface area contributed by atoms with E-state index < -0.39 is 0 Å². The van der Waals surface area contributed by atoms with Crippen LogP contribution in [0.5, 0.6) is 0 Å². The van der Waals surface area contributed by atoms with Gasteiger partial charge >= 0.3 is 0 Å². The van der Waals surface area contributed by atoms with E-state index >= 15 is 0 Å². The molecule has 0 aliphatic rings. The first-order valence-corrected chi connectivity index (χ1v) is 9.81. The summed E-state index contributed by atoms with van der Waals surface area (Å²) >= 11 is 0. The Morgan fingerprint density at radius 1 is 0.800 bits per heavy atom. The number of nitrogens with zero attached hydrogens (tertiary/aromatic N) is 4. The largest absolute Gasteiger partial charge is 0.454 e. The lowest BCUT2D eigenvalue weighted by atomic mass is 10.1. The third kappa shape index (κ3) is 4.25. The number of hydrogen-bond donors (Lipinski definition) is 0. The van der Waals surface area contributed by atoms with Crippen LogP contribution >= 0.6 is 0 Å². The first kappa shape index (κ1) is 19.5. The molecule has 0 saturated heterocycles. The van der Waals surface area contributed by atoms with Crippen molar-refractivity contribution in [1.82, 2.24) is 0 Å². The van der Waals surface area contributed by atoms with Crippen molar-refractivity contribution in [2.75, 3.05) is 24.1 Å². The van der Waals surface area contributed by atoms with E-state index in [1.165, 1.54) is 0 Å². The number of hydrogen-bond acceptors (Lipinski definition) is 5. The highest BCUT2D eigenvalue weighted by atomic mass is 16.3. The van der Waals surface area contributed by atoms with Gasteiger partial charge in [-0.25, -0.2) is 0 Å². The minimum Gasteiger partial charge on any atom is -0.454 e. The molecule has 0 aliphatic heterocycles. The monoisotopic (exact) mass is 396 g/mol. The van der Waals surface area contributed by atoms with Gasteiger partial charge in [-0.05, 0) is 43.3 Å². The number of anilines is 2. The van der Waals surface area contributed by atoms with E-state index in [4.69, 9.17) is 4.42 Å². The van der Waals surface area contributed by atoms with Crippen LogP contribution < -0.4 is 10.0 Å². The highest BCUT2D eigenvalue weighted by Crippen LogP contribution is 2.24. The van der Waals surface area contributed by atoms with Crippen LogP contribution in [0.1, 0.15) is 18.2 Å². The van der Waals surface area contributed by atoms with Gasteiger partial charge in [0.2, 0.25) is 0 Å². The van der Waals surface area contributed by atoms with E-state index in [0.717, 1.165) is 39.4 Å². The molecule has 0 amide bonds. The van der Waals surface area contributed by atoms with Gasteiger partial charge in [-0.15, -0.1) is 0 Å². The lowest BCUT2D eigenvalue weighted by molar-refractivity contribution is 0.603. The third-order valence-corrected chi connectivity index (χ3v) is 4.86. The van der Waals surface area contributed by atoms with Gasteiger partial charge in [-0.1, -0.05) is 48.5 Å². The predicted octanol–water partition coefficient (Wildman–Crippen LogP) is 5.76. The van der Waals surface area contributed by atoms with Gasteiger partial charge in [0, 0.05) is 25.0 Å². The van der Waals surface area contributed by atoms with Crippen molar-refractivity contribution < 1.29 is 4.42 Å². The average molecular weight is 396 g/mol. The van der Waals surface area contributed by atoms with E-state index in [2.05, 4.69) is 10.2 Å².